The first-order valence-corrected chi connectivity index (χ1v) is 6.85. The van der Waals surface area contributed by atoms with Crippen LogP contribution in [0, 0.1) is 5.92 Å². The molecule has 1 unspecified atom stereocenters. The average Bonchev–Trinajstić information content (AvgIpc) is 3.05. The molecule has 0 aromatic carbocycles. The first-order chi connectivity index (χ1) is 8.33. The molecule has 1 aliphatic heterocycles. The van der Waals surface area contributed by atoms with Gasteiger partial charge in [-0.1, -0.05) is 0 Å². The molecule has 2 aliphatic rings. The molecule has 17 heavy (non-hydrogen) atoms. The molecule has 1 saturated carbocycles. The number of nitrogens with zero attached hydrogens (tertiary/aromatic N) is 3. The SMILES string of the molecule is NC1CCCN(c2ccnn2CC2CC2)CC1. The smallest absolute Gasteiger partial charge is 0.126 e. The molecule has 0 radical (unpaired) electrons. The number of nitrogens with two attached hydrogens (primary N) is 1. The molecule has 1 aromatic rings. The summed E-state index contributed by atoms with van der Waals surface area (Å²) in [5, 5.41) is 4.46. The van der Waals surface area contributed by atoms with Crippen molar-refractivity contribution in [1.82, 2.24) is 9.78 Å². The lowest BCUT2D eigenvalue weighted by atomic mass is 10.1. The standard InChI is InChI=1S/C13H22N4/c14-12-2-1-8-16(9-6-12)13-5-7-15-17(13)10-11-3-4-11/h5,7,11-12H,1-4,6,8-10,14H2. The van der Waals surface area contributed by atoms with Crippen LogP contribution >= 0.6 is 0 Å². The van der Waals surface area contributed by atoms with Gasteiger partial charge in [0.25, 0.3) is 0 Å². The van der Waals surface area contributed by atoms with E-state index >= 15 is 0 Å². The topological polar surface area (TPSA) is 47.1 Å². The summed E-state index contributed by atoms with van der Waals surface area (Å²) in [5.41, 5.74) is 6.03. The van der Waals surface area contributed by atoms with E-state index in [1.807, 2.05) is 6.20 Å². The predicted octanol–water partition coefficient (Wildman–Crippen LogP) is 1.61. The van der Waals surface area contributed by atoms with Gasteiger partial charge in [-0.25, -0.2) is 4.68 Å². The molecule has 94 valence electrons. The molecule has 1 atom stereocenters. The quantitative estimate of drug-likeness (QED) is 0.864. The van der Waals surface area contributed by atoms with Gasteiger partial charge in [0, 0.05) is 31.7 Å². The maximum Gasteiger partial charge on any atom is 0.126 e. The Morgan fingerprint density at radius 1 is 1.24 bits per heavy atom. The van der Waals surface area contributed by atoms with E-state index in [-0.39, 0.29) is 0 Å². The molecular formula is C13H22N4. The summed E-state index contributed by atoms with van der Waals surface area (Å²) in [6.07, 6.45) is 8.16. The Morgan fingerprint density at radius 2 is 2.12 bits per heavy atom. The van der Waals surface area contributed by atoms with Crippen LogP contribution in [0.5, 0.6) is 0 Å². The Morgan fingerprint density at radius 3 is 2.94 bits per heavy atom. The van der Waals surface area contributed by atoms with Crippen molar-refractivity contribution >= 4 is 5.82 Å². The highest BCUT2D eigenvalue weighted by Crippen LogP contribution is 2.32. The first-order valence-electron chi connectivity index (χ1n) is 6.85. The van der Waals surface area contributed by atoms with Crippen molar-refractivity contribution in [2.75, 3.05) is 18.0 Å². The van der Waals surface area contributed by atoms with Crippen LogP contribution in [0.25, 0.3) is 0 Å². The number of hydrogen-bond donors (Lipinski definition) is 1. The molecule has 1 saturated heterocycles. The van der Waals surface area contributed by atoms with Crippen molar-refractivity contribution in [2.45, 2.75) is 44.7 Å². The van der Waals surface area contributed by atoms with E-state index in [1.54, 1.807) is 0 Å². The maximum absolute atomic E-state index is 6.03. The van der Waals surface area contributed by atoms with Gasteiger partial charge in [0.05, 0.1) is 6.20 Å². The molecule has 0 spiro atoms. The third-order valence-corrected chi connectivity index (χ3v) is 3.92. The van der Waals surface area contributed by atoms with Gasteiger partial charge in [-0.15, -0.1) is 0 Å². The number of anilines is 1. The first kappa shape index (κ1) is 11.1. The molecule has 4 nitrogen and oxygen atoms in total. The predicted molar refractivity (Wildman–Crippen MR) is 69.0 cm³/mol. The lowest BCUT2D eigenvalue weighted by Gasteiger charge is -2.23. The van der Waals surface area contributed by atoms with Crippen molar-refractivity contribution in [3.8, 4) is 0 Å². The highest BCUT2D eigenvalue weighted by Gasteiger charge is 2.24. The number of aromatic nitrogens is 2. The third-order valence-electron chi connectivity index (χ3n) is 3.92. The van der Waals surface area contributed by atoms with Crippen molar-refractivity contribution in [2.24, 2.45) is 11.7 Å². The largest absolute Gasteiger partial charge is 0.357 e. The summed E-state index contributed by atoms with van der Waals surface area (Å²) in [4.78, 5) is 2.46. The molecule has 0 amide bonds. The fourth-order valence-corrected chi connectivity index (χ4v) is 2.63. The van der Waals surface area contributed by atoms with E-state index < -0.39 is 0 Å². The normalized spacial score (nSPS) is 25.9. The molecule has 4 heteroatoms. The molecule has 1 aliphatic carbocycles. The van der Waals surface area contributed by atoms with Crippen LogP contribution in [0.3, 0.4) is 0 Å². The Bertz CT molecular complexity index is 369. The monoisotopic (exact) mass is 234 g/mol. The second-order valence-electron chi connectivity index (χ2n) is 5.49. The number of hydrogen-bond acceptors (Lipinski definition) is 3. The van der Waals surface area contributed by atoms with Gasteiger partial charge in [0.15, 0.2) is 0 Å². The van der Waals surface area contributed by atoms with Crippen molar-refractivity contribution in [3.05, 3.63) is 12.3 Å². The Kier molecular flexibility index (Phi) is 3.05. The van der Waals surface area contributed by atoms with Crippen LogP contribution < -0.4 is 10.6 Å². The molecular weight excluding hydrogens is 212 g/mol. The minimum absolute atomic E-state index is 0.389. The lowest BCUT2D eigenvalue weighted by Crippen LogP contribution is -2.28. The van der Waals surface area contributed by atoms with Gasteiger partial charge in [0.1, 0.15) is 5.82 Å². The van der Waals surface area contributed by atoms with Crippen molar-refractivity contribution in [1.29, 1.82) is 0 Å². The lowest BCUT2D eigenvalue weighted by molar-refractivity contribution is 0.552. The Hall–Kier alpha value is -1.03. The van der Waals surface area contributed by atoms with Gasteiger partial charge >= 0.3 is 0 Å². The van der Waals surface area contributed by atoms with Gasteiger partial charge in [-0.3, -0.25) is 0 Å². The zero-order valence-electron chi connectivity index (χ0n) is 10.4. The summed E-state index contributed by atoms with van der Waals surface area (Å²) in [6.45, 7) is 3.31. The van der Waals surface area contributed by atoms with Crippen LogP contribution in [0.1, 0.15) is 32.1 Å². The van der Waals surface area contributed by atoms with Crippen LogP contribution in [-0.4, -0.2) is 28.9 Å². The maximum atomic E-state index is 6.03. The third kappa shape index (κ3) is 2.63. The minimum Gasteiger partial charge on any atom is -0.357 e. The van der Waals surface area contributed by atoms with E-state index in [0.29, 0.717) is 6.04 Å². The van der Waals surface area contributed by atoms with E-state index in [4.69, 9.17) is 5.73 Å². The summed E-state index contributed by atoms with van der Waals surface area (Å²) >= 11 is 0. The molecule has 2 N–H and O–H groups in total. The average molecular weight is 234 g/mol. The van der Waals surface area contributed by atoms with Crippen LogP contribution in [0.4, 0.5) is 5.82 Å². The van der Waals surface area contributed by atoms with Gasteiger partial charge in [0.2, 0.25) is 0 Å². The molecule has 2 fully saturated rings. The summed E-state index contributed by atoms with van der Waals surface area (Å²) in [5.74, 6) is 2.17. The van der Waals surface area contributed by atoms with E-state index in [0.717, 1.165) is 38.4 Å². The van der Waals surface area contributed by atoms with Crippen LogP contribution in [0.15, 0.2) is 12.3 Å². The molecule has 3 rings (SSSR count). The highest BCUT2D eigenvalue weighted by molar-refractivity contribution is 5.38. The number of rotatable bonds is 3. The van der Waals surface area contributed by atoms with Crippen LogP contribution in [0.2, 0.25) is 0 Å². The van der Waals surface area contributed by atoms with E-state index in [1.165, 1.54) is 25.1 Å². The summed E-state index contributed by atoms with van der Waals surface area (Å²) < 4.78 is 2.19. The highest BCUT2D eigenvalue weighted by atomic mass is 15.4. The van der Waals surface area contributed by atoms with E-state index in [9.17, 15) is 0 Å². The molecule has 0 bridgehead atoms. The minimum atomic E-state index is 0.389. The fourth-order valence-electron chi connectivity index (χ4n) is 2.63. The summed E-state index contributed by atoms with van der Waals surface area (Å²) in [7, 11) is 0. The van der Waals surface area contributed by atoms with Gasteiger partial charge in [-0.05, 0) is 38.0 Å². The van der Waals surface area contributed by atoms with Gasteiger partial charge < -0.3 is 10.6 Å². The zero-order valence-corrected chi connectivity index (χ0v) is 10.4. The second-order valence-corrected chi connectivity index (χ2v) is 5.49. The Balaban J connectivity index is 1.71. The van der Waals surface area contributed by atoms with Crippen LogP contribution in [-0.2, 0) is 6.54 Å². The fraction of sp³-hybridized carbons (Fsp3) is 0.769. The molecule has 1 aromatic heterocycles. The van der Waals surface area contributed by atoms with E-state index in [2.05, 4.69) is 20.7 Å². The Labute approximate surface area is 103 Å². The molecule has 2 heterocycles. The van der Waals surface area contributed by atoms with Gasteiger partial charge in [-0.2, -0.15) is 5.10 Å². The zero-order chi connectivity index (χ0) is 11.7. The van der Waals surface area contributed by atoms with Crippen molar-refractivity contribution in [3.63, 3.8) is 0 Å². The summed E-state index contributed by atoms with van der Waals surface area (Å²) in [6, 6.07) is 2.54. The second kappa shape index (κ2) is 4.69. The van der Waals surface area contributed by atoms with Crippen molar-refractivity contribution < 1.29 is 0 Å².